The Morgan fingerprint density at radius 3 is 2.08 bits per heavy atom. The topological polar surface area (TPSA) is 20.3 Å². The molecule has 0 saturated carbocycles. The summed E-state index contributed by atoms with van der Waals surface area (Å²) in [6.07, 6.45) is 0.936. The van der Waals surface area contributed by atoms with E-state index in [9.17, 15) is 4.79 Å². The molecule has 0 bridgehead atoms. The van der Waals surface area contributed by atoms with Crippen molar-refractivity contribution < 1.29 is 4.79 Å². The third-order valence-electron chi connectivity index (χ3n) is 3.98. The maximum atomic E-state index is 11.0. The molecule has 4 aromatic rings. The number of carbonyl (C=O) groups is 1. The number of rotatable bonds is 2. The van der Waals surface area contributed by atoms with E-state index in [0.29, 0.717) is 15.0 Å². The van der Waals surface area contributed by atoms with Crippen LogP contribution in [0, 0.1) is 0 Å². The van der Waals surface area contributed by atoms with Crippen molar-refractivity contribution in [1.82, 2.24) is 0 Å². The summed E-state index contributed by atoms with van der Waals surface area (Å²) in [5.41, 5.74) is 2.56. The fourth-order valence-corrected chi connectivity index (χ4v) is 7.42. The molecule has 0 aliphatic carbocycles. The predicted molar refractivity (Wildman–Crippen MR) is 105 cm³/mol. The molecule has 0 unspecified atom stereocenters. The van der Waals surface area contributed by atoms with Crippen LogP contribution in [0.2, 0.25) is 0 Å². The van der Waals surface area contributed by atoms with Crippen LogP contribution in [0.1, 0.15) is 9.67 Å². The molecule has 0 amide bonds. The van der Waals surface area contributed by atoms with Crippen LogP contribution in [0.5, 0.6) is 0 Å². The standard InChI is InChI=1S/C19H11NOS2Se/c21-11-12-9-15-16(22-12)10-19(23-15)20-13-5-1-3-7-17(13)24-18-8-4-2-6-14(18)20/h1-11H. The van der Waals surface area contributed by atoms with E-state index in [0.717, 1.165) is 11.2 Å². The number of hydrogen-bond acceptors (Lipinski definition) is 4. The third-order valence-corrected chi connectivity index (χ3v) is 8.56. The van der Waals surface area contributed by atoms with Crippen molar-refractivity contribution in [3.8, 4) is 0 Å². The number of anilines is 3. The Morgan fingerprint density at radius 1 is 0.833 bits per heavy atom. The van der Waals surface area contributed by atoms with Gasteiger partial charge in [-0.1, -0.05) is 0 Å². The number of hydrogen-bond donors (Lipinski definition) is 0. The first-order valence-electron chi connectivity index (χ1n) is 7.48. The molecule has 0 spiro atoms. The minimum absolute atomic E-state index is 0.336. The number of para-hydroxylation sites is 2. The molecule has 0 N–H and O–H groups in total. The number of nitrogens with zero attached hydrogens (tertiary/aromatic N) is 1. The van der Waals surface area contributed by atoms with Gasteiger partial charge in [0.05, 0.1) is 0 Å². The second-order valence-corrected chi connectivity index (χ2v) is 9.90. The second-order valence-electron chi connectivity index (χ2n) is 5.45. The van der Waals surface area contributed by atoms with Gasteiger partial charge in [-0.15, -0.1) is 0 Å². The van der Waals surface area contributed by atoms with Gasteiger partial charge in [0.2, 0.25) is 0 Å². The normalized spacial score (nSPS) is 12.9. The average molecular weight is 412 g/mol. The van der Waals surface area contributed by atoms with Gasteiger partial charge in [-0.25, -0.2) is 0 Å². The summed E-state index contributed by atoms with van der Waals surface area (Å²) in [6.45, 7) is 0. The number of carbonyl (C=O) groups excluding carboxylic acids is 1. The molecule has 5 heteroatoms. The summed E-state index contributed by atoms with van der Waals surface area (Å²) in [6, 6.07) is 21.5. The number of aldehydes is 1. The molecule has 0 radical (unpaired) electrons. The van der Waals surface area contributed by atoms with Crippen molar-refractivity contribution in [3.63, 3.8) is 0 Å². The van der Waals surface area contributed by atoms with E-state index < -0.39 is 0 Å². The third kappa shape index (κ3) is 2.17. The average Bonchev–Trinajstić information content (AvgIpc) is 3.18. The molecule has 5 rings (SSSR count). The van der Waals surface area contributed by atoms with Gasteiger partial charge in [0.1, 0.15) is 0 Å². The van der Waals surface area contributed by atoms with Gasteiger partial charge in [0.15, 0.2) is 0 Å². The zero-order valence-electron chi connectivity index (χ0n) is 12.4. The van der Waals surface area contributed by atoms with E-state index in [1.165, 1.54) is 34.7 Å². The first kappa shape index (κ1) is 14.4. The molecule has 3 heterocycles. The Bertz CT molecular complexity index is 1000. The van der Waals surface area contributed by atoms with E-state index in [-0.39, 0.29) is 0 Å². The van der Waals surface area contributed by atoms with Gasteiger partial charge in [-0.05, 0) is 0 Å². The summed E-state index contributed by atoms with van der Waals surface area (Å²) in [5.74, 6) is 0. The Morgan fingerprint density at radius 2 is 1.46 bits per heavy atom. The van der Waals surface area contributed by atoms with Crippen molar-refractivity contribution in [3.05, 3.63) is 65.5 Å². The summed E-state index contributed by atoms with van der Waals surface area (Å²) < 4.78 is 5.19. The monoisotopic (exact) mass is 413 g/mol. The number of fused-ring (bicyclic) bond motifs is 3. The molecule has 2 aromatic heterocycles. The summed E-state index contributed by atoms with van der Waals surface area (Å²) in [4.78, 5) is 14.2. The van der Waals surface area contributed by atoms with Gasteiger partial charge >= 0.3 is 154 Å². The summed E-state index contributed by atoms with van der Waals surface area (Å²) in [5, 5.41) is 1.21. The van der Waals surface area contributed by atoms with Gasteiger partial charge in [-0.2, -0.15) is 0 Å². The van der Waals surface area contributed by atoms with Gasteiger partial charge in [0.25, 0.3) is 0 Å². The first-order valence-corrected chi connectivity index (χ1v) is 10.8. The Labute approximate surface area is 153 Å². The van der Waals surface area contributed by atoms with Crippen LogP contribution in [0.4, 0.5) is 16.4 Å². The molecule has 0 atom stereocenters. The van der Waals surface area contributed by atoms with E-state index in [1.54, 1.807) is 22.7 Å². The molecule has 0 saturated heterocycles. The van der Waals surface area contributed by atoms with Crippen LogP contribution in [0.15, 0.2) is 60.7 Å². The molecule has 1 aliphatic rings. The van der Waals surface area contributed by atoms with Crippen LogP contribution in [0.25, 0.3) is 9.40 Å². The van der Waals surface area contributed by atoms with Gasteiger partial charge in [-0.3, -0.25) is 0 Å². The first-order chi connectivity index (χ1) is 11.8. The van der Waals surface area contributed by atoms with Crippen LogP contribution in [0.3, 0.4) is 0 Å². The number of benzene rings is 2. The SMILES string of the molecule is O=Cc1cc2sc(N3c4ccccc4[Se]c4ccccc43)cc2s1. The molecule has 1 aliphatic heterocycles. The van der Waals surface area contributed by atoms with Crippen molar-refractivity contribution in [2.24, 2.45) is 0 Å². The molecule has 0 fully saturated rings. The Balaban J connectivity index is 1.73. The summed E-state index contributed by atoms with van der Waals surface area (Å²) in [7, 11) is 0. The van der Waals surface area contributed by atoms with Crippen molar-refractivity contribution in [2.45, 2.75) is 0 Å². The molecular weight excluding hydrogens is 401 g/mol. The van der Waals surface area contributed by atoms with Crippen molar-refractivity contribution >= 4 is 78.6 Å². The molecule has 116 valence electrons. The van der Waals surface area contributed by atoms with Crippen LogP contribution in [-0.4, -0.2) is 21.2 Å². The molecule has 2 aromatic carbocycles. The van der Waals surface area contributed by atoms with Gasteiger partial charge in [0, 0.05) is 0 Å². The number of thiophene rings is 2. The maximum absolute atomic E-state index is 11.0. The zero-order chi connectivity index (χ0) is 16.1. The predicted octanol–water partition coefficient (Wildman–Crippen LogP) is 4.21. The van der Waals surface area contributed by atoms with E-state index in [1.807, 2.05) is 6.07 Å². The molecule has 2 nitrogen and oxygen atoms in total. The van der Waals surface area contributed by atoms with E-state index in [2.05, 4.69) is 59.5 Å². The van der Waals surface area contributed by atoms with Crippen LogP contribution in [-0.2, 0) is 0 Å². The fraction of sp³-hybridized carbons (Fsp3) is 0. The van der Waals surface area contributed by atoms with E-state index in [4.69, 9.17) is 0 Å². The minimum atomic E-state index is 0.336. The summed E-state index contributed by atoms with van der Waals surface area (Å²) >= 11 is 3.65. The molecule has 24 heavy (non-hydrogen) atoms. The second kappa shape index (κ2) is 5.57. The van der Waals surface area contributed by atoms with Crippen LogP contribution < -0.4 is 13.8 Å². The van der Waals surface area contributed by atoms with Crippen LogP contribution >= 0.6 is 22.7 Å². The van der Waals surface area contributed by atoms with E-state index >= 15 is 0 Å². The van der Waals surface area contributed by atoms with Gasteiger partial charge < -0.3 is 0 Å². The zero-order valence-corrected chi connectivity index (χ0v) is 15.8. The Hall–Kier alpha value is -1.91. The molecular formula is C19H11NOS2Se. The van der Waals surface area contributed by atoms with Crippen molar-refractivity contribution in [1.29, 1.82) is 0 Å². The quantitative estimate of drug-likeness (QED) is 0.320. The Kier molecular flexibility index (Phi) is 3.35. The fourth-order valence-electron chi connectivity index (χ4n) is 2.95. The van der Waals surface area contributed by atoms with Crippen molar-refractivity contribution in [2.75, 3.05) is 4.90 Å².